The van der Waals surface area contributed by atoms with Crippen molar-refractivity contribution in [2.24, 2.45) is 5.41 Å². The van der Waals surface area contributed by atoms with E-state index in [1.165, 1.54) is 10.4 Å². The van der Waals surface area contributed by atoms with Crippen LogP contribution in [0.1, 0.15) is 27.2 Å². The normalized spacial score (nSPS) is 11.8. The van der Waals surface area contributed by atoms with Crippen molar-refractivity contribution in [1.82, 2.24) is 0 Å². The van der Waals surface area contributed by atoms with Crippen LogP contribution in [0.3, 0.4) is 0 Å². The lowest BCUT2D eigenvalue weighted by atomic mass is 9.97. The number of esters is 2. The third-order valence-corrected chi connectivity index (χ3v) is 8.94. The number of hydrogen-bond acceptors (Lipinski definition) is 3. The fraction of sp³-hybridized carbons (Fsp3) is 0.333. The number of carbonyl (C=O) groups excluding carboxylic acids is 2. The van der Waals surface area contributed by atoms with E-state index in [4.69, 9.17) is 4.74 Å². The Balaban J connectivity index is 2.19. The Labute approximate surface area is 151 Å². The van der Waals surface area contributed by atoms with Crippen molar-refractivity contribution in [2.45, 2.75) is 39.8 Å². The summed E-state index contributed by atoms with van der Waals surface area (Å²) in [6.45, 7) is 7.50. The topological polar surface area (TPSA) is 43.4 Å². The minimum atomic E-state index is -2.07. The van der Waals surface area contributed by atoms with E-state index in [2.05, 4.69) is 30.8 Å². The standard InChI is InChI=1S/C21H26O3Si/c1-21(2,3)20(23)24-19(22)15-16-25(4,17-11-7-5-8-12-17)18-13-9-6-10-14-18/h5-14H,15-16H2,1-4H3. The first kappa shape index (κ1) is 19.1. The molecule has 0 aromatic heterocycles. The zero-order valence-corrected chi connectivity index (χ0v) is 16.4. The second kappa shape index (κ2) is 7.79. The predicted octanol–water partition coefficient (Wildman–Crippen LogP) is 3.39. The molecule has 0 radical (unpaired) electrons. The molecule has 2 aromatic rings. The molecule has 0 N–H and O–H groups in total. The number of carbonyl (C=O) groups is 2. The summed E-state index contributed by atoms with van der Waals surface area (Å²) >= 11 is 0. The lowest BCUT2D eigenvalue weighted by Crippen LogP contribution is -2.55. The third kappa shape index (κ3) is 4.89. The van der Waals surface area contributed by atoms with Gasteiger partial charge in [-0.2, -0.15) is 0 Å². The van der Waals surface area contributed by atoms with Gasteiger partial charge in [-0.25, -0.2) is 0 Å². The number of hydrogen-bond donors (Lipinski definition) is 0. The van der Waals surface area contributed by atoms with Crippen molar-refractivity contribution in [3.8, 4) is 0 Å². The van der Waals surface area contributed by atoms with Crippen molar-refractivity contribution < 1.29 is 14.3 Å². The summed E-state index contributed by atoms with van der Waals surface area (Å²) in [5, 5.41) is 2.55. The highest BCUT2D eigenvalue weighted by Gasteiger charge is 2.33. The van der Waals surface area contributed by atoms with Crippen LogP contribution in [0.15, 0.2) is 60.7 Å². The molecule has 0 aliphatic heterocycles. The van der Waals surface area contributed by atoms with Gasteiger partial charge in [0.2, 0.25) is 0 Å². The van der Waals surface area contributed by atoms with Gasteiger partial charge in [-0.15, -0.1) is 0 Å². The van der Waals surface area contributed by atoms with Crippen LogP contribution in [0.5, 0.6) is 0 Å². The lowest BCUT2D eigenvalue weighted by Gasteiger charge is -2.28. The molecule has 0 amide bonds. The second-order valence-corrected chi connectivity index (χ2v) is 11.9. The molecule has 2 rings (SSSR count). The van der Waals surface area contributed by atoms with Crippen LogP contribution in [0.2, 0.25) is 12.6 Å². The monoisotopic (exact) mass is 354 g/mol. The zero-order valence-electron chi connectivity index (χ0n) is 15.4. The van der Waals surface area contributed by atoms with E-state index in [1.54, 1.807) is 20.8 Å². The van der Waals surface area contributed by atoms with Crippen LogP contribution in [-0.2, 0) is 14.3 Å². The van der Waals surface area contributed by atoms with E-state index in [1.807, 2.05) is 36.4 Å². The summed E-state index contributed by atoms with van der Waals surface area (Å²) in [5.41, 5.74) is -0.671. The summed E-state index contributed by atoms with van der Waals surface area (Å²) in [6, 6.07) is 21.4. The molecule has 132 valence electrons. The first-order valence-corrected chi connectivity index (χ1v) is 11.3. The molecule has 2 aromatic carbocycles. The summed E-state index contributed by atoms with van der Waals surface area (Å²) in [5.74, 6) is -0.911. The Kier molecular flexibility index (Phi) is 5.96. The molecular weight excluding hydrogens is 328 g/mol. The minimum Gasteiger partial charge on any atom is -0.393 e. The molecule has 0 saturated carbocycles. The van der Waals surface area contributed by atoms with Crippen molar-refractivity contribution in [3.63, 3.8) is 0 Å². The number of ether oxygens (including phenoxy) is 1. The molecule has 25 heavy (non-hydrogen) atoms. The van der Waals surface area contributed by atoms with Gasteiger partial charge >= 0.3 is 11.9 Å². The van der Waals surface area contributed by atoms with Gasteiger partial charge in [0.25, 0.3) is 0 Å². The first-order chi connectivity index (χ1) is 11.7. The Morgan fingerprint density at radius 3 is 1.72 bits per heavy atom. The second-order valence-electron chi connectivity index (χ2n) is 7.58. The first-order valence-electron chi connectivity index (χ1n) is 8.59. The van der Waals surface area contributed by atoms with Crippen LogP contribution < -0.4 is 10.4 Å². The smallest absolute Gasteiger partial charge is 0.318 e. The van der Waals surface area contributed by atoms with Crippen molar-refractivity contribution in [3.05, 3.63) is 60.7 Å². The van der Waals surface area contributed by atoms with Crippen molar-refractivity contribution >= 4 is 30.4 Å². The lowest BCUT2D eigenvalue weighted by molar-refractivity contribution is -0.165. The summed E-state index contributed by atoms with van der Waals surface area (Å²) in [6.07, 6.45) is 0.244. The average molecular weight is 355 g/mol. The van der Waals surface area contributed by atoms with Gasteiger partial charge in [0.05, 0.1) is 5.41 Å². The van der Waals surface area contributed by atoms with Crippen LogP contribution in [0.25, 0.3) is 0 Å². The van der Waals surface area contributed by atoms with Crippen molar-refractivity contribution in [1.29, 1.82) is 0 Å². The molecule has 0 saturated heterocycles. The molecule has 3 nitrogen and oxygen atoms in total. The van der Waals surface area contributed by atoms with E-state index >= 15 is 0 Å². The fourth-order valence-electron chi connectivity index (χ4n) is 2.73. The fourth-order valence-corrected chi connectivity index (χ4v) is 6.20. The molecule has 0 bridgehead atoms. The number of rotatable bonds is 5. The Bertz CT molecular complexity index is 678. The van der Waals surface area contributed by atoms with Gasteiger partial charge in [-0.1, -0.05) is 77.6 Å². The summed E-state index contributed by atoms with van der Waals surface area (Å²) in [7, 11) is -2.07. The molecule has 0 aliphatic carbocycles. The maximum atomic E-state index is 12.2. The van der Waals surface area contributed by atoms with E-state index in [-0.39, 0.29) is 6.42 Å². The van der Waals surface area contributed by atoms with E-state index in [9.17, 15) is 9.59 Å². The largest absolute Gasteiger partial charge is 0.393 e. The highest BCUT2D eigenvalue weighted by molar-refractivity contribution is 7.01. The van der Waals surface area contributed by atoms with Crippen molar-refractivity contribution in [2.75, 3.05) is 0 Å². The highest BCUT2D eigenvalue weighted by atomic mass is 28.3. The highest BCUT2D eigenvalue weighted by Crippen LogP contribution is 2.18. The maximum absolute atomic E-state index is 12.2. The Morgan fingerprint density at radius 2 is 1.32 bits per heavy atom. The average Bonchev–Trinajstić information content (AvgIpc) is 2.60. The predicted molar refractivity (Wildman–Crippen MR) is 104 cm³/mol. The van der Waals surface area contributed by atoms with Gasteiger partial charge in [0.15, 0.2) is 0 Å². The molecule has 0 aliphatic rings. The Morgan fingerprint density at radius 1 is 0.880 bits per heavy atom. The third-order valence-electron chi connectivity index (χ3n) is 4.47. The molecule has 0 unspecified atom stereocenters. The van der Waals surface area contributed by atoms with Crippen LogP contribution in [0.4, 0.5) is 0 Å². The molecule has 4 heteroatoms. The van der Waals surface area contributed by atoms with E-state index in [0.717, 1.165) is 0 Å². The molecular formula is C21H26O3Si. The molecule has 0 fully saturated rings. The zero-order chi connectivity index (χ0) is 18.5. The van der Waals surface area contributed by atoms with E-state index in [0.29, 0.717) is 6.04 Å². The SMILES string of the molecule is CC(C)(C)C(=O)OC(=O)CC[Si](C)(c1ccccc1)c1ccccc1. The van der Waals surface area contributed by atoms with Crippen LogP contribution in [-0.4, -0.2) is 20.0 Å². The van der Waals surface area contributed by atoms with Gasteiger partial charge in [0.1, 0.15) is 8.07 Å². The van der Waals surface area contributed by atoms with Gasteiger partial charge in [-0.3, -0.25) is 9.59 Å². The summed E-state index contributed by atoms with van der Waals surface area (Å²) in [4.78, 5) is 24.1. The molecule has 0 heterocycles. The maximum Gasteiger partial charge on any atom is 0.318 e. The molecule has 0 atom stereocenters. The quantitative estimate of drug-likeness (QED) is 0.470. The number of benzene rings is 2. The van der Waals surface area contributed by atoms with E-state index < -0.39 is 25.4 Å². The summed E-state index contributed by atoms with van der Waals surface area (Å²) < 4.78 is 5.03. The minimum absolute atomic E-state index is 0.244. The van der Waals surface area contributed by atoms with Gasteiger partial charge < -0.3 is 4.74 Å². The van der Waals surface area contributed by atoms with Gasteiger partial charge in [0, 0.05) is 6.42 Å². The molecule has 0 spiro atoms. The van der Waals surface area contributed by atoms with Crippen LogP contribution in [0, 0.1) is 5.41 Å². The van der Waals surface area contributed by atoms with Gasteiger partial charge in [-0.05, 0) is 26.8 Å². The van der Waals surface area contributed by atoms with Crippen LogP contribution >= 0.6 is 0 Å². The Hall–Kier alpha value is -2.20.